The third kappa shape index (κ3) is 4.78. The van der Waals surface area contributed by atoms with Crippen molar-refractivity contribution in [2.45, 2.75) is 26.2 Å². The van der Waals surface area contributed by atoms with Crippen molar-refractivity contribution < 1.29 is 24.1 Å². The molecule has 0 radical (unpaired) electrons. The number of halogens is 2. The Bertz CT molecular complexity index is 1230. The second-order valence-corrected chi connectivity index (χ2v) is 9.68. The van der Waals surface area contributed by atoms with Crippen LogP contribution in [0.15, 0.2) is 42.5 Å². The number of hydrazine groups is 1. The van der Waals surface area contributed by atoms with Crippen LogP contribution in [-0.2, 0) is 9.59 Å². The van der Waals surface area contributed by atoms with Crippen LogP contribution in [0.4, 0.5) is 5.69 Å². The number of carbonyl (C=O) groups excluding carboxylic acids is 4. The normalized spacial score (nSPS) is 21.6. The van der Waals surface area contributed by atoms with Gasteiger partial charge in [0.15, 0.2) is 5.78 Å². The highest BCUT2D eigenvalue weighted by Crippen LogP contribution is 2.41. The SMILES string of the molecule is C[C@@H]1CC[C@H]2C(=O)N(N(CC(=O)c3ccc(Cl)cc3Cl)C(=O)c3ccc([N+](=O)[O-])cc3)C(=O)[C@H]2C1. The third-order valence-electron chi connectivity index (χ3n) is 6.49. The average Bonchev–Trinajstić information content (AvgIpc) is 3.06. The molecule has 3 atom stereocenters. The van der Waals surface area contributed by atoms with Crippen molar-refractivity contribution in [1.29, 1.82) is 0 Å². The molecule has 1 heterocycles. The first-order valence-corrected chi connectivity index (χ1v) is 11.8. The van der Waals surface area contributed by atoms with Gasteiger partial charge in [-0.25, -0.2) is 5.01 Å². The second kappa shape index (κ2) is 9.75. The number of amides is 3. The molecular weight excluding hydrogens is 497 g/mol. The van der Waals surface area contributed by atoms with E-state index in [1.165, 1.54) is 30.3 Å². The van der Waals surface area contributed by atoms with Crippen LogP contribution in [0.5, 0.6) is 0 Å². The number of imide groups is 1. The van der Waals surface area contributed by atoms with E-state index in [9.17, 15) is 29.3 Å². The second-order valence-electron chi connectivity index (χ2n) is 8.83. The van der Waals surface area contributed by atoms with Crippen LogP contribution in [0.1, 0.15) is 46.9 Å². The van der Waals surface area contributed by atoms with Gasteiger partial charge in [-0.3, -0.25) is 29.3 Å². The molecule has 2 fully saturated rings. The number of hydrogen-bond acceptors (Lipinski definition) is 6. The number of carbonyl (C=O) groups is 4. The predicted molar refractivity (Wildman–Crippen MR) is 127 cm³/mol. The number of nitro benzene ring substituents is 1. The van der Waals surface area contributed by atoms with Crippen LogP contribution in [0, 0.1) is 27.9 Å². The van der Waals surface area contributed by atoms with Crippen molar-refractivity contribution >= 4 is 52.4 Å². The van der Waals surface area contributed by atoms with E-state index in [0.29, 0.717) is 17.9 Å². The molecule has 4 rings (SSSR count). The van der Waals surface area contributed by atoms with Crippen molar-refractivity contribution in [2.24, 2.45) is 17.8 Å². The number of nitrogens with zero attached hydrogens (tertiary/aromatic N) is 3. The van der Waals surface area contributed by atoms with Gasteiger partial charge < -0.3 is 0 Å². The van der Waals surface area contributed by atoms with Crippen molar-refractivity contribution in [2.75, 3.05) is 6.54 Å². The highest BCUT2D eigenvalue weighted by molar-refractivity contribution is 6.37. The Kier molecular flexibility index (Phi) is 6.91. The van der Waals surface area contributed by atoms with Crippen LogP contribution in [0.25, 0.3) is 0 Å². The zero-order valence-electron chi connectivity index (χ0n) is 18.6. The Balaban J connectivity index is 1.71. The molecule has 9 nitrogen and oxygen atoms in total. The molecule has 182 valence electrons. The third-order valence-corrected chi connectivity index (χ3v) is 7.04. The van der Waals surface area contributed by atoms with Gasteiger partial charge in [0.1, 0.15) is 6.54 Å². The highest BCUT2D eigenvalue weighted by atomic mass is 35.5. The van der Waals surface area contributed by atoms with Crippen LogP contribution in [0.3, 0.4) is 0 Å². The van der Waals surface area contributed by atoms with E-state index < -0.39 is 46.8 Å². The van der Waals surface area contributed by atoms with Crippen LogP contribution in [-0.4, -0.2) is 45.0 Å². The molecule has 0 bridgehead atoms. The summed E-state index contributed by atoms with van der Waals surface area (Å²) in [4.78, 5) is 63.6. The van der Waals surface area contributed by atoms with E-state index in [1.54, 1.807) is 0 Å². The molecule has 35 heavy (non-hydrogen) atoms. The first-order valence-electron chi connectivity index (χ1n) is 11.0. The van der Waals surface area contributed by atoms with Gasteiger partial charge in [0.25, 0.3) is 23.4 Å². The number of non-ortho nitro benzene ring substituents is 1. The van der Waals surface area contributed by atoms with E-state index in [2.05, 4.69) is 0 Å². The summed E-state index contributed by atoms with van der Waals surface area (Å²) in [5.74, 6) is -3.35. The Labute approximate surface area is 210 Å². The Morgan fingerprint density at radius 2 is 1.71 bits per heavy atom. The molecule has 2 aromatic rings. The Morgan fingerprint density at radius 3 is 2.34 bits per heavy atom. The zero-order valence-corrected chi connectivity index (χ0v) is 20.2. The molecule has 2 aliphatic rings. The standard InChI is InChI=1S/C24H21Cl2N3O6/c1-13-2-8-17-19(10-13)24(33)28(23(17)32)27(12-21(30)18-9-5-15(25)11-20(18)26)22(31)14-3-6-16(7-4-14)29(34)35/h3-7,9,11,13,17,19H,2,8,10,12H2,1H3/t13-,17-,19+/m1/s1. The lowest BCUT2D eigenvalue weighted by atomic mass is 9.76. The molecule has 11 heteroatoms. The number of rotatable bonds is 6. The van der Waals surface area contributed by atoms with Crippen LogP contribution >= 0.6 is 23.2 Å². The first kappa shape index (κ1) is 24.8. The van der Waals surface area contributed by atoms with Gasteiger partial charge in [0, 0.05) is 28.3 Å². The molecule has 0 N–H and O–H groups in total. The molecule has 0 unspecified atom stereocenters. The van der Waals surface area contributed by atoms with E-state index >= 15 is 0 Å². The van der Waals surface area contributed by atoms with Gasteiger partial charge >= 0.3 is 0 Å². The topological polar surface area (TPSA) is 118 Å². The summed E-state index contributed by atoms with van der Waals surface area (Å²) in [7, 11) is 0. The molecule has 1 aliphatic heterocycles. The summed E-state index contributed by atoms with van der Waals surface area (Å²) < 4.78 is 0. The molecule has 3 amide bonds. The summed E-state index contributed by atoms with van der Waals surface area (Å²) in [6.45, 7) is 1.37. The number of hydrogen-bond donors (Lipinski definition) is 0. The van der Waals surface area contributed by atoms with Gasteiger partial charge in [-0.1, -0.05) is 30.1 Å². The first-order chi connectivity index (χ1) is 16.6. The molecule has 1 saturated carbocycles. The lowest BCUT2D eigenvalue weighted by Crippen LogP contribution is -2.52. The minimum absolute atomic E-state index is 0.0190. The fourth-order valence-corrected chi connectivity index (χ4v) is 5.17. The van der Waals surface area contributed by atoms with Crippen molar-refractivity contribution in [3.63, 3.8) is 0 Å². The molecule has 0 aromatic heterocycles. The number of nitro groups is 1. The van der Waals surface area contributed by atoms with Gasteiger partial charge in [-0.15, -0.1) is 0 Å². The number of benzene rings is 2. The van der Waals surface area contributed by atoms with Gasteiger partial charge in [0.05, 0.1) is 21.8 Å². The molecular formula is C24H21Cl2N3O6. The fraction of sp³-hybridized carbons (Fsp3) is 0.333. The minimum Gasteiger partial charge on any atom is -0.292 e. The zero-order chi connectivity index (χ0) is 25.4. The molecule has 1 saturated heterocycles. The van der Waals surface area contributed by atoms with Crippen molar-refractivity contribution in [1.82, 2.24) is 10.0 Å². The van der Waals surface area contributed by atoms with E-state index in [-0.39, 0.29) is 27.8 Å². The quantitative estimate of drug-likeness (QED) is 0.240. The number of Topliss-reactive ketones (excluding diaryl/α,β-unsaturated/α-hetero) is 1. The summed E-state index contributed by atoms with van der Waals surface area (Å²) in [5, 5.41) is 13.0. The maximum absolute atomic E-state index is 13.5. The van der Waals surface area contributed by atoms with Crippen molar-refractivity contribution in [3.8, 4) is 0 Å². The van der Waals surface area contributed by atoms with Gasteiger partial charge in [0.2, 0.25) is 0 Å². The molecule has 0 spiro atoms. The highest BCUT2D eigenvalue weighted by Gasteiger charge is 2.52. The lowest BCUT2D eigenvalue weighted by molar-refractivity contribution is -0.384. The largest absolute Gasteiger partial charge is 0.292 e. The van der Waals surface area contributed by atoms with Gasteiger partial charge in [-0.2, -0.15) is 5.01 Å². The minimum atomic E-state index is -0.813. The summed E-state index contributed by atoms with van der Waals surface area (Å²) >= 11 is 12.1. The predicted octanol–water partition coefficient (Wildman–Crippen LogP) is 4.56. The maximum atomic E-state index is 13.5. The smallest absolute Gasteiger partial charge is 0.273 e. The van der Waals surface area contributed by atoms with Crippen LogP contribution < -0.4 is 0 Å². The lowest BCUT2D eigenvalue weighted by Gasteiger charge is -2.30. The maximum Gasteiger partial charge on any atom is 0.273 e. The Morgan fingerprint density at radius 1 is 1.06 bits per heavy atom. The summed E-state index contributed by atoms with van der Waals surface area (Å²) in [6.07, 6.45) is 1.81. The fourth-order valence-electron chi connectivity index (χ4n) is 4.65. The van der Waals surface area contributed by atoms with Gasteiger partial charge in [-0.05, 0) is 55.5 Å². The molecule has 2 aromatic carbocycles. The van der Waals surface area contributed by atoms with E-state index in [4.69, 9.17) is 23.2 Å². The van der Waals surface area contributed by atoms with Crippen LogP contribution in [0.2, 0.25) is 10.0 Å². The number of ketones is 1. The van der Waals surface area contributed by atoms with E-state index in [1.807, 2.05) is 6.92 Å². The number of fused-ring (bicyclic) bond motifs is 1. The monoisotopic (exact) mass is 517 g/mol. The average molecular weight is 518 g/mol. The summed E-state index contributed by atoms with van der Waals surface area (Å²) in [6, 6.07) is 8.94. The Hall–Kier alpha value is -3.30. The van der Waals surface area contributed by atoms with E-state index in [0.717, 1.165) is 28.6 Å². The van der Waals surface area contributed by atoms with Crippen molar-refractivity contribution in [3.05, 3.63) is 73.8 Å². The molecule has 1 aliphatic carbocycles. The summed E-state index contributed by atoms with van der Waals surface area (Å²) in [5.41, 5.74) is -0.178.